The molecule has 1 aromatic carbocycles. The van der Waals surface area contributed by atoms with Gasteiger partial charge in [0.05, 0.1) is 0 Å². The Morgan fingerprint density at radius 2 is 1.86 bits per heavy atom. The van der Waals surface area contributed by atoms with Gasteiger partial charge in [-0.25, -0.2) is 0 Å². The van der Waals surface area contributed by atoms with E-state index in [1.54, 1.807) is 26.0 Å². The molecule has 0 saturated carbocycles. The van der Waals surface area contributed by atoms with E-state index in [0.29, 0.717) is 17.4 Å². The van der Waals surface area contributed by atoms with Crippen LogP contribution in [0.15, 0.2) is 34.9 Å². The molecule has 2 N–H and O–H groups in total. The molecule has 0 saturated heterocycles. The van der Waals surface area contributed by atoms with Gasteiger partial charge in [-0.1, -0.05) is 23.4 Å². The number of rotatable bonds is 6. The van der Waals surface area contributed by atoms with Gasteiger partial charge in [0.1, 0.15) is 6.04 Å². The summed E-state index contributed by atoms with van der Waals surface area (Å²) in [4.78, 5) is 27.6. The molecule has 0 aliphatic carbocycles. The van der Waals surface area contributed by atoms with E-state index in [2.05, 4.69) is 20.8 Å². The monoisotopic (exact) mass is 302 g/mol. The average molecular weight is 302 g/mol. The molecule has 0 radical (unpaired) electrons. The molecule has 116 valence electrons. The van der Waals surface area contributed by atoms with Crippen LogP contribution in [-0.2, 0) is 9.59 Å². The van der Waals surface area contributed by atoms with Crippen LogP contribution < -0.4 is 10.6 Å². The molecule has 2 amide bonds. The molecule has 0 fully saturated rings. The predicted molar refractivity (Wildman–Crippen MR) is 79.9 cm³/mol. The molecular formula is C15H18N4O3. The lowest BCUT2D eigenvalue weighted by atomic mass is 10.2. The van der Waals surface area contributed by atoms with Crippen molar-refractivity contribution in [2.45, 2.75) is 32.7 Å². The number of para-hydroxylation sites is 1. The van der Waals surface area contributed by atoms with Crippen molar-refractivity contribution < 1.29 is 14.1 Å². The summed E-state index contributed by atoms with van der Waals surface area (Å²) in [7, 11) is 0. The number of aryl methyl sites for hydroxylation is 1. The van der Waals surface area contributed by atoms with E-state index in [0.717, 1.165) is 0 Å². The van der Waals surface area contributed by atoms with E-state index >= 15 is 0 Å². The standard InChI is InChI=1S/C15H18N4O3/c1-10(15-17-11(2)19-22-15)16-13(20)8-9-14(21)18-12-6-4-3-5-7-12/h3-7,10H,8-9H2,1-2H3,(H,16,20)(H,18,21). The zero-order valence-electron chi connectivity index (χ0n) is 12.5. The van der Waals surface area contributed by atoms with Crippen LogP contribution in [-0.4, -0.2) is 22.0 Å². The molecular weight excluding hydrogens is 284 g/mol. The fourth-order valence-electron chi connectivity index (χ4n) is 1.84. The Morgan fingerprint density at radius 1 is 1.18 bits per heavy atom. The molecule has 1 unspecified atom stereocenters. The second-order valence-electron chi connectivity index (χ2n) is 4.88. The Bertz CT molecular complexity index is 639. The fraction of sp³-hybridized carbons (Fsp3) is 0.333. The summed E-state index contributed by atoms with van der Waals surface area (Å²) in [5.41, 5.74) is 0.711. The second kappa shape index (κ2) is 7.35. The maximum Gasteiger partial charge on any atom is 0.248 e. The largest absolute Gasteiger partial charge is 0.345 e. The third kappa shape index (κ3) is 4.69. The van der Waals surface area contributed by atoms with E-state index in [1.165, 1.54) is 0 Å². The first-order valence-corrected chi connectivity index (χ1v) is 6.99. The molecule has 1 atom stereocenters. The number of anilines is 1. The topological polar surface area (TPSA) is 97.1 Å². The van der Waals surface area contributed by atoms with Crippen LogP contribution in [0.3, 0.4) is 0 Å². The van der Waals surface area contributed by atoms with Crippen molar-refractivity contribution in [3.8, 4) is 0 Å². The van der Waals surface area contributed by atoms with E-state index in [-0.39, 0.29) is 30.7 Å². The molecule has 1 heterocycles. The number of hydrogen-bond acceptors (Lipinski definition) is 5. The first-order chi connectivity index (χ1) is 10.5. The minimum atomic E-state index is -0.383. The summed E-state index contributed by atoms with van der Waals surface area (Å²) in [6.45, 7) is 3.45. The number of hydrogen-bond donors (Lipinski definition) is 2. The smallest absolute Gasteiger partial charge is 0.248 e. The van der Waals surface area contributed by atoms with Crippen LogP contribution in [0.5, 0.6) is 0 Å². The van der Waals surface area contributed by atoms with Crippen LogP contribution in [0.4, 0.5) is 5.69 Å². The lowest BCUT2D eigenvalue weighted by molar-refractivity contribution is -0.125. The zero-order chi connectivity index (χ0) is 15.9. The first-order valence-electron chi connectivity index (χ1n) is 6.99. The Hall–Kier alpha value is -2.70. The lowest BCUT2D eigenvalue weighted by Crippen LogP contribution is -2.27. The van der Waals surface area contributed by atoms with Gasteiger partial charge in [-0.15, -0.1) is 0 Å². The summed E-state index contributed by atoms with van der Waals surface area (Å²) >= 11 is 0. The van der Waals surface area contributed by atoms with Crippen molar-refractivity contribution in [1.82, 2.24) is 15.5 Å². The first kappa shape index (κ1) is 15.7. The SMILES string of the molecule is Cc1noc(C(C)NC(=O)CCC(=O)Nc2ccccc2)n1. The molecule has 0 spiro atoms. The average Bonchev–Trinajstić information content (AvgIpc) is 2.93. The van der Waals surface area contributed by atoms with Crippen LogP contribution in [0.1, 0.15) is 37.5 Å². The van der Waals surface area contributed by atoms with Crippen molar-refractivity contribution in [2.75, 3.05) is 5.32 Å². The molecule has 1 aromatic heterocycles. The van der Waals surface area contributed by atoms with Crippen LogP contribution in [0.25, 0.3) is 0 Å². The van der Waals surface area contributed by atoms with E-state index in [4.69, 9.17) is 4.52 Å². The molecule has 0 aliphatic rings. The summed E-state index contributed by atoms with van der Waals surface area (Å²) in [5, 5.41) is 9.10. The number of nitrogens with zero attached hydrogens (tertiary/aromatic N) is 2. The number of nitrogens with one attached hydrogen (secondary N) is 2. The molecule has 7 heteroatoms. The van der Waals surface area contributed by atoms with Crippen molar-refractivity contribution in [3.05, 3.63) is 42.0 Å². The fourth-order valence-corrected chi connectivity index (χ4v) is 1.84. The molecule has 7 nitrogen and oxygen atoms in total. The van der Waals surface area contributed by atoms with Gasteiger partial charge >= 0.3 is 0 Å². The highest BCUT2D eigenvalue weighted by atomic mass is 16.5. The summed E-state index contributed by atoms with van der Waals surface area (Å²) < 4.78 is 4.98. The Morgan fingerprint density at radius 3 is 2.50 bits per heavy atom. The van der Waals surface area contributed by atoms with Gasteiger partial charge in [0, 0.05) is 18.5 Å². The van der Waals surface area contributed by atoms with Crippen molar-refractivity contribution >= 4 is 17.5 Å². The summed E-state index contributed by atoms with van der Waals surface area (Å²) in [5.74, 6) is 0.409. The Labute approximate surface area is 128 Å². The number of carbonyl (C=O) groups is 2. The summed E-state index contributed by atoms with van der Waals surface area (Å²) in [6.07, 6.45) is 0.201. The number of carbonyl (C=O) groups excluding carboxylic acids is 2. The van der Waals surface area contributed by atoms with Gasteiger partial charge in [-0.05, 0) is 26.0 Å². The Kier molecular flexibility index (Phi) is 5.24. The maximum atomic E-state index is 11.8. The third-order valence-electron chi connectivity index (χ3n) is 2.93. The van der Waals surface area contributed by atoms with E-state index in [9.17, 15) is 9.59 Å². The quantitative estimate of drug-likeness (QED) is 0.850. The van der Waals surface area contributed by atoms with Crippen LogP contribution in [0, 0.1) is 6.92 Å². The minimum Gasteiger partial charge on any atom is -0.345 e. The van der Waals surface area contributed by atoms with E-state index in [1.807, 2.05) is 18.2 Å². The van der Waals surface area contributed by atoms with Gasteiger partial charge in [0.2, 0.25) is 17.7 Å². The third-order valence-corrected chi connectivity index (χ3v) is 2.93. The van der Waals surface area contributed by atoms with Crippen molar-refractivity contribution in [1.29, 1.82) is 0 Å². The van der Waals surface area contributed by atoms with Gasteiger partial charge in [0.15, 0.2) is 5.82 Å². The minimum absolute atomic E-state index is 0.0934. The summed E-state index contributed by atoms with van der Waals surface area (Å²) in [6, 6.07) is 8.72. The van der Waals surface area contributed by atoms with Crippen molar-refractivity contribution in [3.63, 3.8) is 0 Å². The van der Waals surface area contributed by atoms with Gasteiger partial charge in [0.25, 0.3) is 0 Å². The van der Waals surface area contributed by atoms with Gasteiger partial charge in [-0.3, -0.25) is 9.59 Å². The maximum absolute atomic E-state index is 11.8. The van der Waals surface area contributed by atoms with Crippen molar-refractivity contribution in [2.24, 2.45) is 0 Å². The number of amides is 2. The van der Waals surface area contributed by atoms with Crippen LogP contribution >= 0.6 is 0 Å². The van der Waals surface area contributed by atoms with Crippen LogP contribution in [0.2, 0.25) is 0 Å². The van der Waals surface area contributed by atoms with E-state index < -0.39 is 0 Å². The van der Waals surface area contributed by atoms with Gasteiger partial charge in [-0.2, -0.15) is 4.98 Å². The zero-order valence-corrected chi connectivity index (χ0v) is 12.5. The van der Waals surface area contributed by atoms with Gasteiger partial charge < -0.3 is 15.2 Å². The highest BCUT2D eigenvalue weighted by molar-refractivity contribution is 5.93. The molecule has 0 bridgehead atoms. The highest BCUT2D eigenvalue weighted by Gasteiger charge is 2.16. The lowest BCUT2D eigenvalue weighted by Gasteiger charge is -2.09. The number of benzene rings is 1. The molecule has 0 aliphatic heterocycles. The molecule has 2 aromatic rings. The second-order valence-corrected chi connectivity index (χ2v) is 4.88. The number of aromatic nitrogens is 2. The normalized spacial score (nSPS) is 11.7. The molecule has 2 rings (SSSR count). The highest BCUT2D eigenvalue weighted by Crippen LogP contribution is 2.10. The predicted octanol–water partition coefficient (Wildman–Crippen LogP) is 1.97. The molecule has 22 heavy (non-hydrogen) atoms. The Balaban J connectivity index is 1.74.